The van der Waals surface area contributed by atoms with Gasteiger partial charge in [0.25, 0.3) is 0 Å². The van der Waals surface area contributed by atoms with Crippen molar-refractivity contribution >= 4 is 5.69 Å². The third-order valence-corrected chi connectivity index (χ3v) is 3.29. The van der Waals surface area contributed by atoms with Crippen molar-refractivity contribution in [3.63, 3.8) is 0 Å². The van der Waals surface area contributed by atoms with E-state index in [1.165, 1.54) is 7.11 Å². The van der Waals surface area contributed by atoms with Crippen LogP contribution in [0.15, 0.2) is 36.4 Å². The number of aryl methyl sites for hydroxylation is 1. The molecule has 0 spiro atoms. The van der Waals surface area contributed by atoms with Gasteiger partial charge in [-0.1, -0.05) is 6.07 Å². The van der Waals surface area contributed by atoms with Crippen LogP contribution in [0.2, 0.25) is 0 Å². The maximum atomic E-state index is 9.61. The summed E-state index contributed by atoms with van der Waals surface area (Å²) in [6.45, 7) is 3.96. The van der Waals surface area contributed by atoms with E-state index in [0.29, 0.717) is 5.75 Å². The lowest BCUT2D eigenvalue weighted by atomic mass is 10.1. The highest BCUT2D eigenvalue weighted by atomic mass is 16.5. The summed E-state index contributed by atoms with van der Waals surface area (Å²) in [6, 6.07) is 10.5. The molecule has 0 saturated carbocycles. The van der Waals surface area contributed by atoms with Crippen LogP contribution in [0.1, 0.15) is 24.1 Å². The first-order chi connectivity index (χ1) is 9.51. The molecule has 106 valence electrons. The Kier molecular flexibility index (Phi) is 4.03. The van der Waals surface area contributed by atoms with Crippen molar-refractivity contribution in [2.75, 3.05) is 12.4 Å². The van der Waals surface area contributed by atoms with Gasteiger partial charge in [0.15, 0.2) is 11.5 Å². The molecule has 3 N–H and O–H groups in total. The van der Waals surface area contributed by atoms with Crippen molar-refractivity contribution in [3.05, 3.63) is 47.5 Å². The number of aromatic hydroxyl groups is 2. The second-order valence-electron chi connectivity index (χ2n) is 4.80. The number of hydrogen-bond acceptors (Lipinski definition) is 4. The standard InChI is InChI=1S/C16H19NO3/c1-10-8-13(18)5-6-14(10)17-11(2)12-4-7-15(19)16(9-12)20-3/h4-9,11,17-19H,1-3H3. The lowest BCUT2D eigenvalue weighted by molar-refractivity contribution is 0.373. The van der Waals surface area contributed by atoms with Crippen LogP contribution in [0.3, 0.4) is 0 Å². The Morgan fingerprint density at radius 2 is 1.85 bits per heavy atom. The van der Waals surface area contributed by atoms with Gasteiger partial charge in [-0.05, 0) is 55.3 Å². The molecule has 2 rings (SSSR count). The molecule has 20 heavy (non-hydrogen) atoms. The van der Waals surface area contributed by atoms with Crippen molar-refractivity contribution in [2.45, 2.75) is 19.9 Å². The van der Waals surface area contributed by atoms with Crippen LogP contribution in [0.5, 0.6) is 17.2 Å². The zero-order valence-corrected chi connectivity index (χ0v) is 11.8. The Labute approximate surface area is 118 Å². The second-order valence-corrected chi connectivity index (χ2v) is 4.80. The molecule has 1 unspecified atom stereocenters. The fourth-order valence-corrected chi connectivity index (χ4v) is 2.09. The van der Waals surface area contributed by atoms with Crippen molar-refractivity contribution in [1.29, 1.82) is 0 Å². The summed E-state index contributed by atoms with van der Waals surface area (Å²) >= 11 is 0. The lowest BCUT2D eigenvalue weighted by Gasteiger charge is -2.18. The van der Waals surface area contributed by atoms with Gasteiger partial charge in [-0.3, -0.25) is 0 Å². The van der Waals surface area contributed by atoms with E-state index in [9.17, 15) is 10.2 Å². The van der Waals surface area contributed by atoms with E-state index in [1.807, 2.05) is 32.0 Å². The number of benzene rings is 2. The van der Waals surface area contributed by atoms with E-state index in [0.717, 1.165) is 16.8 Å². The molecule has 0 bridgehead atoms. The van der Waals surface area contributed by atoms with E-state index < -0.39 is 0 Å². The first-order valence-electron chi connectivity index (χ1n) is 6.44. The number of rotatable bonds is 4. The monoisotopic (exact) mass is 273 g/mol. The lowest BCUT2D eigenvalue weighted by Crippen LogP contribution is -2.07. The predicted molar refractivity (Wildman–Crippen MR) is 79.5 cm³/mol. The third kappa shape index (κ3) is 2.96. The summed E-state index contributed by atoms with van der Waals surface area (Å²) in [5, 5.41) is 22.4. The van der Waals surface area contributed by atoms with E-state index in [4.69, 9.17) is 4.74 Å². The second kappa shape index (κ2) is 5.74. The van der Waals surface area contributed by atoms with Crippen molar-refractivity contribution < 1.29 is 14.9 Å². The van der Waals surface area contributed by atoms with Crippen LogP contribution >= 0.6 is 0 Å². The molecule has 0 radical (unpaired) electrons. The van der Waals surface area contributed by atoms with E-state index in [-0.39, 0.29) is 17.5 Å². The van der Waals surface area contributed by atoms with E-state index >= 15 is 0 Å². The molecule has 4 nitrogen and oxygen atoms in total. The highest BCUT2D eigenvalue weighted by molar-refractivity contribution is 5.55. The van der Waals surface area contributed by atoms with Crippen LogP contribution in [0.4, 0.5) is 5.69 Å². The minimum Gasteiger partial charge on any atom is -0.508 e. The van der Waals surface area contributed by atoms with Crippen LogP contribution in [0.25, 0.3) is 0 Å². The number of hydrogen-bond donors (Lipinski definition) is 3. The number of nitrogens with one attached hydrogen (secondary N) is 1. The molecular weight excluding hydrogens is 254 g/mol. The molecule has 0 aliphatic rings. The molecule has 0 amide bonds. The van der Waals surface area contributed by atoms with Crippen LogP contribution in [0, 0.1) is 6.92 Å². The molecule has 0 aliphatic carbocycles. The normalized spacial score (nSPS) is 11.9. The summed E-state index contributed by atoms with van der Waals surface area (Å²) < 4.78 is 5.11. The first-order valence-corrected chi connectivity index (χ1v) is 6.44. The predicted octanol–water partition coefficient (Wildman–Crippen LogP) is 3.59. The van der Waals surface area contributed by atoms with Gasteiger partial charge >= 0.3 is 0 Å². The molecule has 2 aromatic carbocycles. The Balaban J connectivity index is 2.21. The van der Waals surface area contributed by atoms with E-state index in [2.05, 4.69) is 5.32 Å². The third-order valence-electron chi connectivity index (χ3n) is 3.29. The molecule has 0 heterocycles. The number of ether oxygens (including phenoxy) is 1. The summed E-state index contributed by atoms with van der Waals surface area (Å²) in [5.41, 5.74) is 2.94. The molecule has 0 aromatic heterocycles. The van der Waals surface area contributed by atoms with Gasteiger partial charge in [0, 0.05) is 11.7 Å². The molecule has 4 heteroatoms. The van der Waals surface area contributed by atoms with Crippen molar-refractivity contribution in [2.24, 2.45) is 0 Å². The highest BCUT2D eigenvalue weighted by Gasteiger charge is 2.10. The Morgan fingerprint density at radius 3 is 2.50 bits per heavy atom. The Morgan fingerprint density at radius 1 is 1.10 bits per heavy atom. The van der Waals surface area contributed by atoms with Crippen molar-refractivity contribution in [3.8, 4) is 17.2 Å². The fraction of sp³-hybridized carbons (Fsp3) is 0.250. The SMILES string of the molecule is COc1cc(C(C)Nc2ccc(O)cc2C)ccc1O. The average molecular weight is 273 g/mol. The minimum absolute atomic E-state index is 0.0488. The number of methoxy groups -OCH3 is 1. The van der Waals surface area contributed by atoms with Gasteiger partial charge in [0.2, 0.25) is 0 Å². The number of anilines is 1. The quantitative estimate of drug-likeness (QED) is 0.745. The number of phenolic OH excluding ortho intramolecular Hbond substituents is 2. The summed E-state index contributed by atoms with van der Waals surface area (Å²) in [6.07, 6.45) is 0. The molecule has 2 aromatic rings. The molecule has 0 saturated heterocycles. The zero-order valence-electron chi connectivity index (χ0n) is 11.8. The molecule has 0 aliphatic heterocycles. The van der Waals surface area contributed by atoms with Gasteiger partial charge in [-0.15, -0.1) is 0 Å². The van der Waals surface area contributed by atoms with Crippen LogP contribution < -0.4 is 10.1 Å². The zero-order chi connectivity index (χ0) is 14.7. The Hall–Kier alpha value is -2.36. The maximum absolute atomic E-state index is 9.61. The Bertz CT molecular complexity index is 611. The molecule has 0 fully saturated rings. The highest BCUT2D eigenvalue weighted by Crippen LogP contribution is 2.31. The van der Waals surface area contributed by atoms with Gasteiger partial charge in [-0.2, -0.15) is 0 Å². The van der Waals surface area contributed by atoms with Crippen LogP contribution in [-0.4, -0.2) is 17.3 Å². The summed E-state index contributed by atoms with van der Waals surface area (Å²) in [4.78, 5) is 0. The van der Waals surface area contributed by atoms with Gasteiger partial charge < -0.3 is 20.3 Å². The topological polar surface area (TPSA) is 61.7 Å². The van der Waals surface area contributed by atoms with Gasteiger partial charge in [0.1, 0.15) is 5.75 Å². The van der Waals surface area contributed by atoms with E-state index in [1.54, 1.807) is 18.2 Å². The fourth-order valence-electron chi connectivity index (χ4n) is 2.09. The average Bonchev–Trinajstić information content (AvgIpc) is 2.42. The summed E-state index contributed by atoms with van der Waals surface area (Å²) in [7, 11) is 1.53. The summed E-state index contributed by atoms with van der Waals surface area (Å²) in [5.74, 6) is 0.842. The minimum atomic E-state index is 0.0488. The number of phenols is 2. The van der Waals surface area contributed by atoms with Gasteiger partial charge in [0.05, 0.1) is 7.11 Å². The molecular formula is C16H19NO3. The first kappa shape index (κ1) is 14.1. The van der Waals surface area contributed by atoms with Crippen LogP contribution in [-0.2, 0) is 0 Å². The largest absolute Gasteiger partial charge is 0.508 e. The van der Waals surface area contributed by atoms with Gasteiger partial charge in [-0.25, -0.2) is 0 Å². The smallest absolute Gasteiger partial charge is 0.160 e. The maximum Gasteiger partial charge on any atom is 0.160 e. The molecule has 1 atom stereocenters. The van der Waals surface area contributed by atoms with Crippen molar-refractivity contribution in [1.82, 2.24) is 0 Å².